The molecule has 0 saturated carbocycles. The Morgan fingerprint density at radius 2 is 2.16 bits per heavy atom. The lowest BCUT2D eigenvalue weighted by molar-refractivity contribution is -0.138. The predicted octanol–water partition coefficient (Wildman–Crippen LogP) is 0.833. The molecule has 3 heterocycles. The number of rotatable bonds is 8. The van der Waals surface area contributed by atoms with Gasteiger partial charge in [-0.2, -0.15) is 5.01 Å². The van der Waals surface area contributed by atoms with Crippen molar-refractivity contribution >= 4 is 29.6 Å². The van der Waals surface area contributed by atoms with Gasteiger partial charge in [0.05, 0.1) is 18.4 Å². The van der Waals surface area contributed by atoms with Crippen LogP contribution in [-0.4, -0.2) is 61.5 Å². The molecule has 11 nitrogen and oxygen atoms in total. The minimum atomic E-state index is -1.20. The lowest BCUT2D eigenvalue weighted by Crippen LogP contribution is -2.49. The summed E-state index contributed by atoms with van der Waals surface area (Å²) in [5, 5.41) is 15.5. The number of nitrogens with one attached hydrogen (secondary N) is 2. The van der Waals surface area contributed by atoms with Gasteiger partial charge < -0.3 is 10.1 Å². The second kappa shape index (κ2) is 9.02. The van der Waals surface area contributed by atoms with Gasteiger partial charge in [-0.3, -0.25) is 15.0 Å². The fourth-order valence-electron chi connectivity index (χ4n) is 3.72. The number of carbonyl (C=O) groups is 3. The molecule has 2 atom stereocenters. The summed E-state index contributed by atoms with van der Waals surface area (Å²) in [5.41, 5.74) is 1.86. The van der Waals surface area contributed by atoms with E-state index < -0.39 is 23.4 Å². The van der Waals surface area contributed by atoms with E-state index in [1.54, 1.807) is 35.9 Å². The van der Waals surface area contributed by atoms with Crippen molar-refractivity contribution in [3.8, 4) is 0 Å². The van der Waals surface area contributed by atoms with Crippen LogP contribution in [0.15, 0.2) is 35.5 Å². The summed E-state index contributed by atoms with van der Waals surface area (Å²) >= 11 is 1.12. The number of urea groups is 1. The predicted molar refractivity (Wildman–Crippen MR) is 109 cm³/mol. The Bertz CT molecular complexity index is 963. The maximum absolute atomic E-state index is 13.1. The van der Waals surface area contributed by atoms with Crippen LogP contribution >= 0.6 is 11.8 Å². The second-order valence-electron chi connectivity index (χ2n) is 7.30. The molecule has 12 heteroatoms. The molecule has 2 aliphatic heterocycles. The molecule has 2 aromatic rings. The average molecular weight is 446 g/mol. The second-order valence-corrected chi connectivity index (χ2v) is 8.24. The molecule has 4 amide bonds. The molecule has 164 valence electrons. The van der Waals surface area contributed by atoms with Crippen LogP contribution < -0.4 is 10.7 Å². The lowest BCUT2D eigenvalue weighted by atomic mass is 9.87. The SMILES string of the molecule is CC[C@]1(c2ccccc2)NC(=O)N(NC(=O)CSc2nnnn2C[C@H]2CCCO2)C1=O. The van der Waals surface area contributed by atoms with Crippen LogP contribution in [0.25, 0.3) is 0 Å². The number of amides is 4. The Morgan fingerprint density at radius 3 is 2.87 bits per heavy atom. The van der Waals surface area contributed by atoms with E-state index in [-0.39, 0.29) is 11.9 Å². The third-order valence-corrected chi connectivity index (χ3v) is 6.31. The monoisotopic (exact) mass is 445 g/mol. The highest BCUT2D eigenvalue weighted by Crippen LogP contribution is 2.31. The average Bonchev–Trinajstić information content (AvgIpc) is 3.51. The number of hydrogen-bond donors (Lipinski definition) is 2. The lowest BCUT2D eigenvalue weighted by Gasteiger charge is -2.25. The van der Waals surface area contributed by atoms with Gasteiger partial charge in [0, 0.05) is 6.61 Å². The van der Waals surface area contributed by atoms with E-state index in [9.17, 15) is 14.4 Å². The number of ether oxygens (including phenoxy) is 1. The largest absolute Gasteiger partial charge is 0.376 e. The highest BCUT2D eigenvalue weighted by molar-refractivity contribution is 7.99. The van der Waals surface area contributed by atoms with Crippen molar-refractivity contribution in [3.63, 3.8) is 0 Å². The van der Waals surface area contributed by atoms with Crippen molar-refractivity contribution in [1.82, 2.24) is 36.0 Å². The minimum Gasteiger partial charge on any atom is -0.376 e. The first-order valence-electron chi connectivity index (χ1n) is 10.1. The quantitative estimate of drug-likeness (QED) is 0.451. The van der Waals surface area contributed by atoms with Gasteiger partial charge in [0.1, 0.15) is 5.54 Å². The van der Waals surface area contributed by atoms with Gasteiger partial charge in [-0.05, 0) is 35.3 Å². The molecule has 0 unspecified atom stereocenters. The molecule has 1 aromatic carbocycles. The van der Waals surface area contributed by atoms with Crippen LogP contribution in [0.3, 0.4) is 0 Å². The van der Waals surface area contributed by atoms with E-state index in [1.165, 1.54) is 0 Å². The number of carbonyl (C=O) groups excluding carboxylic acids is 3. The van der Waals surface area contributed by atoms with Gasteiger partial charge in [0.2, 0.25) is 11.1 Å². The highest BCUT2D eigenvalue weighted by Gasteiger charge is 2.52. The van der Waals surface area contributed by atoms with Crippen molar-refractivity contribution in [1.29, 1.82) is 0 Å². The molecule has 4 rings (SSSR count). The number of aromatic nitrogens is 4. The van der Waals surface area contributed by atoms with Gasteiger partial charge in [0.15, 0.2) is 0 Å². The zero-order chi connectivity index (χ0) is 21.8. The van der Waals surface area contributed by atoms with Crippen LogP contribution in [0.1, 0.15) is 31.7 Å². The first-order chi connectivity index (χ1) is 15.0. The molecule has 2 fully saturated rings. The summed E-state index contributed by atoms with van der Waals surface area (Å²) < 4.78 is 7.19. The topological polar surface area (TPSA) is 131 Å². The van der Waals surface area contributed by atoms with Crippen LogP contribution in [0.4, 0.5) is 4.79 Å². The Morgan fingerprint density at radius 1 is 1.35 bits per heavy atom. The maximum atomic E-state index is 13.1. The molecule has 31 heavy (non-hydrogen) atoms. The zero-order valence-corrected chi connectivity index (χ0v) is 17.8. The molecule has 1 aromatic heterocycles. The van der Waals surface area contributed by atoms with Gasteiger partial charge in [-0.25, -0.2) is 9.48 Å². The van der Waals surface area contributed by atoms with Crippen LogP contribution in [0.5, 0.6) is 0 Å². The van der Waals surface area contributed by atoms with Gasteiger partial charge >= 0.3 is 6.03 Å². The maximum Gasteiger partial charge on any atom is 0.344 e. The number of hydrogen-bond acceptors (Lipinski definition) is 8. The number of tetrazole rings is 1. The molecule has 2 N–H and O–H groups in total. The Kier molecular flexibility index (Phi) is 6.18. The molecule has 0 aliphatic carbocycles. The minimum absolute atomic E-state index is 0.0581. The number of nitrogens with zero attached hydrogens (tertiary/aromatic N) is 5. The van der Waals surface area contributed by atoms with Crippen LogP contribution in [0.2, 0.25) is 0 Å². The standard InChI is InChI=1S/C19H23N7O4S/c1-2-19(13-7-4-3-5-8-13)16(28)26(17(29)20-19)22-15(27)12-31-18-21-23-24-25(18)11-14-9-6-10-30-14/h3-5,7-8,14H,2,6,9-12H2,1H3,(H,20,29)(H,22,27)/t14-,19-/m1/s1. The van der Waals surface area contributed by atoms with E-state index in [0.29, 0.717) is 23.7 Å². The Labute approximate surface area is 182 Å². The van der Waals surface area contributed by atoms with Crippen molar-refractivity contribution in [2.75, 3.05) is 12.4 Å². The number of benzene rings is 1. The number of thioether (sulfide) groups is 1. The molecular weight excluding hydrogens is 422 g/mol. The zero-order valence-electron chi connectivity index (χ0n) is 17.0. The summed E-state index contributed by atoms with van der Waals surface area (Å²) in [4.78, 5) is 38.0. The van der Waals surface area contributed by atoms with Crippen molar-refractivity contribution in [2.45, 2.75) is 49.5 Å². The van der Waals surface area contributed by atoms with Crippen LogP contribution in [0, 0.1) is 0 Å². The third kappa shape index (κ3) is 4.26. The summed E-state index contributed by atoms with van der Waals surface area (Å²) in [6.07, 6.45) is 2.35. The fourth-order valence-corrected chi connectivity index (χ4v) is 4.40. The smallest absolute Gasteiger partial charge is 0.344 e. The van der Waals surface area contributed by atoms with Crippen molar-refractivity contribution in [3.05, 3.63) is 35.9 Å². The van der Waals surface area contributed by atoms with E-state index in [4.69, 9.17) is 4.74 Å². The van der Waals surface area contributed by atoms with Crippen molar-refractivity contribution < 1.29 is 19.1 Å². The Balaban J connectivity index is 1.37. The Hall–Kier alpha value is -2.99. The first kappa shape index (κ1) is 21.2. The third-order valence-electron chi connectivity index (χ3n) is 5.36. The normalized spacial score (nSPS) is 23.3. The number of imide groups is 1. The van der Waals surface area contributed by atoms with Gasteiger partial charge in [0.25, 0.3) is 5.91 Å². The fraction of sp³-hybridized carbons (Fsp3) is 0.474. The van der Waals surface area contributed by atoms with Crippen molar-refractivity contribution in [2.24, 2.45) is 0 Å². The molecule has 0 bridgehead atoms. The van der Waals surface area contributed by atoms with E-state index in [0.717, 1.165) is 36.2 Å². The van der Waals surface area contributed by atoms with E-state index >= 15 is 0 Å². The molecule has 2 saturated heterocycles. The molecule has 2 aliphatic rings. The van der Waals surface area contributed by atoms with E-state index in [2.05, 4.69) is 26.3 Å². The molecular formula is C19H23N7O4S. The molecule has 0 radical (unpaired) electrons. The first-order valence-corrected chi connectivity index (χ1v) is 11.0. The molecule has 0 spiro atoms. The van der Waals surface area contributed by atoms with Gasteiger partial charge in [-0.15, -0.1) is 5.10 Å². The summed E-state index contributed by atoms with van der Waals surface area (Å²) in [5.74, 6) is -1.10. The highest BCUT2D eigenvalue weighted by atomic mass is 32.2. The summed E-state index contributed by atoms with van der Waals surface area (Å²) in [6.45, 7) is 3.05. The van der Waals surface area contributed by atoms with Crippen LogP contribution in [-0.2, 0) is 26.4 Å². The summed E-state index contributed by atoms with van der Waals surface area (Å²) in [6, 6.07) is 8.30. The van der Waals surface area contributed by atoms with E-state index in [1.807, 2.05) is 6.07 Å². The van der Waals surface area contributed by atoms with Gasteiger partial charge in [-0.1, -0.05) is 49.0 Å². The number of hydrazine groups is 1. The summed E-state index contributed by atoms with van der Waals surface area (Å²) in [7, 11) is 0.